The summed E-state index contributed by atoms with van der Waals surface area (Å²) in [6, 6.07) is 17.6. The number of para-hydroxylation sites is 2. The van der Waals surface area contributed by atoms with Crippen LogP contribution in [0, 0.1) is 0 Å². The van der Waals surface area contributed by atoms with E-state index in [-0.39, 0.29) is 34.3 Å². The molecule has 2 heterocycles. The van der Waals surface area contributed by atoms with E-state index in [9.17, 15) is 9.59 Å². The largest absolute Gasteiger partial charge is 0.424 e. The van der Waals surface area contributed by atoms with Crippen molar-refractivity contribution >= 4 is 34.7 Å². The highest BCUT2D eigenvalue weighted by Gasteiger charge is 2.52. The number of imide groups is 1. The van der Waals surface area contributed by atoms with Gasteiger partial charge in [-0.15, -0.1) is 0 Å². The summed E-state index contributed by atoms with van der Waals surface area (Å²) in [5.74, 6) is 0.171. The Morgan fingerprint density at radius 2 is 1.91 bits per heavy atom. The van der Waals surface area contributed by atoms with E-state index in [4.69, 9.17) is 0 Å². The smallest absolute Gasteiger partial charge is 0.322 e. The van der Waals surface area contributed by atoms with Crippen LogP contribution in [0.2, 0.25) is 0 Å². The summed E-state index contributed by atoms with van der Waals surface area (Å²) in [6.07, 6.45) is 2.52. The van der Waals surface area contributed by atoms with Crippen LogP contribution in [-0.2, 0) is 11.8 Å². The highest BCUT2D eigenvalue weighted by Crippen LogP contribution is 2.32. The van der Waals surface area contributed by atoms with Crippen molar-refractivity contribution in [3.63, 3.8) is 0 Å². The number of urea groups is 1. The number of thioether (sulfide) groups is 1. The number of benzene rings is 2. The zero-order chi connectivity index (χ0) is 22.7. The molecule has 168 valence electrons. The Morgan fingerprint density at radius 1 is 1.19 bits per heavy atom. The third kappa shape index (κ3) is 4.07. The van der Waals surface area contributed by atoms with Gasteiger partial charge in [-0.3, -0.25) is 5.32 Å². The number of quaternary nitrogens is 1. The molecule has 0 radical (unpaired) electrons. The van der Waals surface area contributed by atoms with Crippen molar-refractivity contribution in [1.29, 1.82) is 0 Å². The molecule has 3 aromatic rings. The van der Waals surface area contributed by atoms with Crippen LogP contribution in [0.1, 0.15) is 44.7 Å². The molecule has 6 nitrogen and oxygen atoms in total. The van der Waals surface area contributed by atoms with Gasteiger partial charge in [0.2, 0.25) is 0 Å². The molecule has 0 bridgehead atoms. The van der Waals surface area contributed by atoms with Gasteiger partial charge in [0.15, 0.2) is 5.16 Å². The molecule has 2 aromatic carbocycles. The molecule has 32 heavy (non-hydrogen) atoms. The van der Waals surface area contributed by atoms with Crippen molar-refractivity contribution in [2.24, 2.45) is 7.05 Å². The summed E-state index contributed by atoms with van der Waals surface area (Å²) >= 11 is 1.41. The predicted octanol–water partition coefficient (Wildman–Crippen LogP) is 5.05. The number of aromatic nitrogens is 2. The Bertz CT molecular complexity index is 1110. The fourth-order valence-electron chi connectivity index (χ4n) is 4.73. The van der Waals surface area contributed by atoms with Crippen LogP contribution in [0.3, 0.4) is 0 Å². The number of aryl methyl sites for hydroxylation is 1. The number of fused-ring (bicyclic) bond motifs is 1. The molecule has 1 aliphatic heterocycles. The number of imidazole rings is 1. The van der Waals surface area contributed by atoms with Gasteiger partial charge in [0.25, 0.3) is 0 Å². The zero-order valence-corrected chi connectivity index (χ0v) is 19.8. The summed E-state index contributed by atoms with van der Waals surface area (Å²) in [4.78, 5) is 31.8. The van der Waals surface area contributed by atoms with E-state index in [0.717, 1.165) is 41.0 Å². The number of carbonyl (C=O) groups is 2. The molecule has 3 amide bonds. The SMILES string of the molecule is CCC(NC(=O)[N+]1(C(=O)CSc2nc3ccccc3n2C)CCC[C@H]1C)c1ccccc1. The van der Waals surface area contributed by atoms with E-state index in [1.807, 2.05) is 73.1 Å². The molecular formula is C25H31N4O2S+. The molecule has 7 heteroatoms. The Hall–Kier alpha value is -2.64. The Morgan fingerprint density at radius 3 is 2.56 bits per heavy atom. The molecule has 1 fully saturated rings. The van der Waals surface area contributed by atoms with Gasteiger partial charge in [0.1, 0.15) is 11.8 Å². The van der Waals surface area contributed by atoms with Crippen LogP contribution < -0.4 is 5.32 Å². The van der Waals surface area contributed by atoms with Crippen molar-refractivity contribution in [1.82, 2.24) is 14.9 Å². The van der Waals surface area contributed by atoms with Crippen molar-refractivity contribution in [3.8, 4) is 0 Å². The van der Waals surface area contributed by atoms with Crippen molar-refractivity contribution in [2.75, 3.05) is 12.3 Å². The van der Waals surface area contributed by atoms with E-state index >= 15 is 0 Å². The summed E-state index contributed by atoms with van der Waals surface area (Å²) in [7, 11) is 1.96. The van der Waals surface area contributed by atoms with E-state index in [2.05, 4.69) is 17.2 Å². The lowest BCUT2D eigenvalue weighted by molar-refractivity contribution is -0.784. The first kappa shape index (κ1) is 22.6. The average molecular weight is 452 g/mol. The maximum atomic E-state index is 13.6. The molecule has 4 rings (SSSR count). The minimum atomic E-state index is -0.179. The summed E-state index contributed by atoms with van der Waals surface area (Å²) in [6.45, 7) is 4.63. The number of nitrogens with one attached hydrogen (secondary N) is 1. The van der Waals surface area contributed by atoms with Gasteiger partial charge in [-0.25, -0.2) is 14.6 Å². The molecule has 1 aliphatic rings. The number of nitrogens with zero attached hydrogens (tertiary/aromatic N) is 3. The number of carbonyl (C=O) groups excluding carboxylic acids is 2. The molecule has 2 unspecified atom stereocenters. The van der Waals surface area contributed by atoms with Crippen LogP contribution in [0.15, 0.2) is 59.8 Å². The van der Waals surface area contributed by atoms with Gasteiger partial charge in [0.05, 0.1) is 23.6 Å². The Balaban J connectivity index is 1.53. The first-order valence-electron chi connectivity index (χ1n) is 11.3. The van der Waals surface area contributed by atoms with Gasteiger partial charge >= 0.3 is 11.9 Å². The molecule has 3 atom stereocenters. The second kappa shape index (κ2) is 9.46. The average Bonchev–Trinajstić information content (AvgIpc) is 3.37. The van der Waals surface area contributed by atoms with Crippen molar-refractivity contribution in [3.05, 3.63) is 60.2 Å². The van der Waals surface area contributed by atoms with E-state index in [0.29, 0.717) is 6.54 Å². The van der Waals surface area contributed by atoms with E-state index in [1.165, 1.54) is 11.8 Å². The molecule has 0 aliphatic carbocycles. The van der Waals surface area contributed by atoms with Crippen LogP contribution in [0.5, 0.6) is 0 Å². The number of hydrogen-bond acceptors (Lipinski definition) is 4. The van der Waals surface area contributed by atoms with Gasteiger partial charge in [-0.2, -0.15) is 4.48 Å². The number of rotatable bonds is 6. The van der Waals surface area contributed by atoms with Crippen LogP contribution in [0.25, 0.3) is 11.0 Å². The van der Waals surface area contributed by atoms with Crippen molar-refractivity contribution < 1.29 is 14.1 Å². The van der Waals surface area contributed by atoms with Gasteiger partial charge < -0.3 is 4.57 Å². The molecule has 1 saturated heterocycles. The fourth-order valence-corrected chi connectivity index (χ4v) is 5.66. The Kier molecular flexibility index (Phi) is 6.67. The molecule has 0 saturated carbocycles. The Labute approximate surface area is 193 Å². The topological polar surface area (TPSA) is 64.0 Å². The minimum Gasteiger partial charge on any atom is -0.322 e. The monoisotopic (exact) mass is 451 g/mol. The van der Waals surface area contributed by atoms with Gasteiger partial charge in [0, 0.05) is 19.9 Å². The number of amides is 3. The lowest BCUT2D eigenvalue weighted by Crippen LogP contribution is -2.63. The third-order valence-electron chi connectivity index (χ3n) is 6.67. The second-order valence-electron chi connectivity index (χ2n) is 8.53. The summed E-state index contributed by atoms with van der Waals surface area (Å²) in [5.41, 5.74) is 3.01. The molecule has 0 spiro atoms. The minimum absolute atomic E-state index is 0.0307. The van der Waals surface area contributed by atoms with Gasteiger partial charge in [-0.1, -0.05) is 61.2 Å². The van der Waals surface area contributed by atoms with E-state index < -0.39 is 0 Å². The summed E-state index contributed by atoms with van der Waals surface area (Å²) in [5, 5.41) is 3.98. The number of likely N-dealkylation sites (tertiary alicyclic amines) is 1. The summed E-state index contributed by atoms with van der Waals surface area (Å²) < 4.78 is 1.88. The first-order chi connectivity index (χ1) is 15.5. The maximum absolute atomic E-state index is 13.6. The van der Waals surface area contributed by atoms with E-state index in [1.54, 1.807) is 0 Å². The lowest BCUT2D eigenvalue weighted by Gasteiger charge is -2.34. The maximum Gasteiger partial charge on any atom is 0.424 e. The van der Waals surface area contributed by atoms with Crippen LogP contribution in [-0.4, -0.2) is 44.3 Å². The van der Waals surface area contributed by atoms with Gasteiger partial charge in [-0.05, 0) is 31.0 Å². The van der Waals surface area contributed by atoms with Crippen LogP contribution >= 0.6 is 11.8 Å². The molecule has 1 N–H and O–H groups in total. The lowest BCUT2D eigenvalue weighted by atomic mass is 10.0. The first-order valence-corrected chi connectivity index (χ1v) is 12.3. The fraction of sp³-hybridized carbons (Fsp3) is 0.400. The van der Waals surface area contributed by atoms with Crippen molar-refractivity contribution in [2.45, 2.75) is 50.4 Å². The zero-order valence-electron chi connectivity index (χ0n) is 19.0. The second-order valence-corrected chi connectivity index (χ2v) is 9.47. The van der Waals surface area contributed by atoms with Crippen LogP contribution in [0.4, 0.5) is 4.79 Å². The quantitative estimate of drug-likeness (QED) is 0.421. The molecule has 1 aromatic heterocycles. The highest BCUT2D eigenvalue weighted by molar-refractivity contribution is 7.99. The normalized spacial score (nSPS) is 21.5. The predicted molar refractivity (Wildman–Crippen MR) is 128 cm³/mol. The highest BCUT2D eigenvalue weighted by atomic mass is 32.2. The standard InChI is InChI=1S/C25H30N4O2S/c1-4-20(19-12-6-5-7-13-19)27-25(31)29(16-10-11-18(29)2)23(30)17-32-24-26-21-14-8-9-15-22(21)28(24)3/h5-9,12-15,18,20H,4,10-11,16-17H2,1-3H3/p+1/t18-,20?,29?/m1/s1. The number of hydrogen-bond donors (Lipinski definition) is 1. The molecular weight excluding hydrogens is 420 g/mol. The third-order valence-corrected chi connectivity index (χ3v) is 7.69.